The lowest BCUT2D eigenvalue weighted by Gasteiger charge is -2.37. The predicted molar refractivity (Wildman–Crippen MR) is 173 cm³/mol. The number of carbonyl (C=O) groups is 7. The molecule has 2 unspecified atom stereocenters. The number of hydrogen-bond acceptors (Lipinski definition) is 9. The average molecular weight is 729 g/mol. The minimum atomic E-state index is -5.08. The molecule has 52 heavy (non-hydrogen) atoms. The minimum Gasteiger partial charge on any atom is -0.484 e. The molecule has 6 rings (SSSR count). The second kappa shape index (κ2) is 15.6. The number of ether oxygens (including phenoxy) is 1. The number of pyridine rings is 1. The third-order valence-corrected chi connectivity index (χ3v) is 9.10. The van der Waals surface area contributed by atoms with Crippen LogP contribution in [0.25, 0.3) is 10.9 Å². The number of piperidine rings is 1. The molecule has 0 bridgehead atoms. The SMILES string of the molecule is CNC(=O)C(C1CCCCC1)N(Cc1cc2cnccc2[nH]1)C(=O)COc1ccc2c(c1)C(=O)N(C1CCC(=O)NC1=O)C2=O.O=C(O)C(F)(F)F. The highest BCUT2D eigenvalue weighted by atomic mass is 19.4. The van der Waals surface area contributed by atoms with Gasteiger partial charge in [0, 0.05) is 42.5 Å². The Bertz CT molecular complexity index is 1870. The number of rotatable bonds is 9. The van der Waals surface area contributed by atoms with Crippen molar-refractivity contribution < 1.29 is 56.6 Å². The molecule has 2 atom stereocenters. The number of likely N-dealkylation sites (N-methyl/N-ethyl adjacent to an activating group) is 1. The molecule has 1 aromatic carbocycles. The van der Waals surface area contributed by atoms with Crippen LogP contribution in [0.2, 0.25) is 0 Å². The molecule has 15 nitrogen and oxygen atoms in total. The zero-order chi connectivity index (χ0) is 37.7. The molecule has 3 aliphatic rings. The van der Waals surface area contributed by atoms with Crippen LogP contribution in [0.5, 0.6) is 5.75 Å². The van der Waals surface area contributed by atoms with Crippen molar-refractivity contribution in [2.24, 2.45) is 5.92 Å². The lowest BCUT2D eigenvalue weighted by molar-refractivity contribution is -0.192. The van der Waals surface area contributed by atoms with Crippen molar-refractivity contribution in [1.82, 2.24) is 30.4 Å². The highest BCUT2D eigenvalue weighted by Gasteiger charge is 2.45. The summed E-state index contributed by atoms with van der Waals surface area (Å²) < 4.78 is 37.6. The Morgan fingerprint density at radius 2 is 1.73 bits per heavy atom. The van der Waals surface area contributed by atoms with Gasteiger partial charge in [-0.1, -0.05) is 19.3 Å². The fraction of sp³-hybridized carbons (Fsp3) is 0.412. The number of fused-ring (bicyclic) bond motifs is 2. The maximum absolute atomic E-state index is 13.9. The first-order valence-electron chi connectivity index (χ1n) is 16.4. The molecule has 2 aromatic heterocycles. The van der Waals surface area contributed by atoms with E-state index in [0.717, 1.165) is 53.6 Å². The highest BCUT2D eigenvalue weighted by Crippen LogP contribution is 2.32. The van der Waals surface area contributed by atoms with Crippen LogP contribution in [-0.4, -0.2) is 98.2 Å². The average Bonchev–Trinajstić information content (AvgIpc) is 3.64. The zero-order valence-corrected chi connectivity index (χ0v) is 27.8. The van der Waals surface area contributed by atoms with Gasteiger partial charge in [0.05, 0.1) is 17.7 Å². The molecule has 276 valence electrons. The molecule has 0 radical (unpaired) electrons. The van der Waals surface area contributed by atoms with Crippen LogP contribution in [0.3, 0.4) is 0 Å². The van der Waals surface area contributed by atoms with Gasteiger partial charge in [-0.15, -0.1) is 0 Å². The van der Waals surface area contributed by atoms with Crippen LogP contribution in [-0.2, 0) is 30.5 Å². The quantitative estimate of drug-likeness (QED) is 0.237. The van der Waals surface area contributed by atoms with E-state index < -0.39 is 60.4 Å². The molecule has 6 amide bonds. The number of aromatic amines is 1. The molecule has 1 saturated heterocycles. The number of carboxylic acid groups (broad SMARTS) is 1. The van der Waals surface area contributed by atoms with Crippen molar-refractivity contribution in [1.29, 1.82) is 0 Å². The summed E-state index contributed by atoms with van der Waals surface area (Å²) in [4.78, 5) is 96.3. The van der Waals surface area contributed by atoms with E-state index in [4.69, 9.17) is 14.6 Å². The third-order valence-electron chi connectivity index (χ3n) is 9.10. The number of benzene rings is 1. The number of carbonyl (C=O) groups excluding carboxylic acids is 6. The van der Waals surface area contributed by atoms with Crippen LogP contribution < -0.4 is 15.4 Å². The Morgan fingerprint density at radius 3 is 2.37 bits per heavy atom. The van der Waals surface area contributed by atoms with E-state index in [1.807, 2.05) is 12.1 Å². The number of aliphatic carboxylic acids is 1. The molecule has 1 saturated carbocycles. The third kappa shape index (κ3) is 8.21. The van der Waals surface area contributed by atoms with E-state index in [2.05, 4.69) is 20.6 Å². The van der Waals surface area contributed by atoms with Crippen LogP contribution in [0, 0.1) is 5.92 Å². The van der Waals surface area contributed by atoms with E-state index in [9.17, 15) is 41.9 Å². The van der Waals surface area contributed by atoms with Crippen LogP contribution in [0.4, 0.5) is 13.2 Å². The van der Waals surface area contributed by atoms with Gasteiger partial charge in [0.25, 0.3) is 17.7 Å². The molecule has 0 spiro atoms. The van der Waals surface area contributed by atoms with Crippen molar-refractivity contribution in [3.8, 4) is 5.75 Å². The molecular weight excluding hydrogens is 693 g/mol. The van der Waals surface area contributed by atoms with Gasteiger partial charge < -0.3 is 25.0 Å². The van der Waals surface area contributed by atoms with Gasteiger partial charge in [0.2, 0.25) is 17.7 Å². The number of amides is 6. The van der Waals surface area contributed by atoms with Gasteiger partial charge in [-0.2, -0.15) is 13.2 Å². The molecule has 4 N–H and O–H groups in total. The summed E-state index contributed by atoms with van der Waals surface area (Å²) >= 11 is 0. The zero-order valence-electron chi connectivity index (χ0n) is 27.8. The van der Waals surface area contributed by atoms with Crippen LogP contribution in [0.15, 0.2) is 42.7 Å². The van der Waals surface area contributed by atoms with Crippen molar-refractivity contribution in [3.63, 3.8) is 0 Å². The fourth-order valence-electron chi connectivity index (χ4n) is 6.62. The Hall–Kier alpha value is -5.81. The first kappa shape index (κ1) is 37.4. The standard InChI is InChI=1S/C32H34N6O7.C2HF3O2/c1-33-30(42)28(18-5-3-2-4-6-18)37(16-20-13-19-15-34-12-11-24(19)35-20)27(40)17-45-21-7-8-22-23(14-21)32(44)38(31(22)43)25-9-10-26(39)36-29(25)41;3-2(4,5)1(6)7/h7-8,11-15,18,25,28,35H,2-6,9-10,16-17H2,1H3,(H,33,42)(H,36,39,41);(H,6,7). The molecule has 4 heterocycles. The van der Waals surface area contributed by atoms with E-state index in [1.54, 1.807) is 24.3 Å². The summed E-state index contributed by atoms with van der Waals surface area (Å²) in [6.45, 7) is -0.274. The number of imide groups is 2. The smallest absolute Gasteiger partial charge is 0.484 e. The van der Waals surface area contributed by atoms with E-state index in [-0.39, 0.29) is 48.1 Å². The van der Waals surface area contributed by atoms with E-state index >= 15 is 0 Å². The minimum absolute atomic E-state index is 0.0179. The largest absolute Gasteiger partial charge is 0.490 e. The van der Waals surface area contributed by atoms with Gasteiger partial charge in [-0.05, 0) is 55.5 Å². The second-order valence-electron chi connectivity index (χ2n) is 12.5. The number of alkyl halides is 3. The Kier molecular flexibility index (Phi) is 11.2. The number of halogens is 3. The Labute approximate surface area is 293 Å². The number of hydrogen-bond donors (Lipinski definition) is 4. The lowest BCUT2D eigenvalue weighted by atomic mass is 9.82. The molecule has 18 heteroatoms. The first-order chi connectivity index (χ1) is 24.7. The second-order valence-corrected chi connectivity index (χ2v) is 12.5. The van der Waals surface area contributed by atoms with Gasteiger partial charge in [0.15, 0.2) is 6.61 Å². The monoisotopic (exact) mass is 728 g/mol. The predicted octanol–water partition coefficient (Wildman–Crippen LogP) is 2.70. The number of aromatic nitrogens is 2. The molecule has 3 aromatic rings. The van der Waals surface area contributed by atoms with Crippen molar-refractivity contribution in [2.75, 3.05) is 13.7 Å². The molecule has 2 fully saturated rings. The van der Waals surface area contributed by atoms with Crippen LogP contribution >= 0.6 is 0 Å². The molecule has 2 aliphatic heterocycles. The topological polar surface area (TPSA) is 208 Å². The van der Waals surface area contributed by atoms with Gasteiger partial charge >= 0.3 is 12.1 Å². The number of nitrogens with zero attached hydrogens (tertiary/aromatic N) is 3. The molecule has 1 aliphatic carbocycles. The fourth-order valence-corrected chi connectivity index (χ4v) is 6.62. The van der Waals surface area contributed by atoms with Crippen molar-refractivity contribution in [3.05, 3.63) is 59.5 Å². The lowest BCUT2D eigenvalue weighted by Crippen LogP contribution is -2.54. The van der Waals surface area contributed by atoms with E-state index in [1.165, 1.54) is 18.2 Å². The first-order valence-corrected chi connectivity index (χ1v) is 16.4. The number of H-pyrrole nitrogens is 1. The maximum atomic E-state index is 13.9. The van der Waals surface area contributed by atoms with Gasteiger partial charge in [0.1, 0.15) is 17.8 Å². The Morgan fingerprint density at radius 1 is 1.04 bits per heavy atom. The van der Waals surface area contributed by atoms with Crippen LogP contribution in [0.1, 0.15) is 71.4 Å². The maximum Gasteiger partial charge on any atom is 0.490 e. The van der Waals surface area contributed by atoms with Gasteiger partial charge in [-0.3, -0.25) is 44.0 Å². The normalized spacial score (nSPS) is 18.2. The summed E-state index contributed by atoms with van der Waals surface area (Å²) in [6, 6.07) is 6.23. The summed E-state index contributed by atoms with van der Waals surface area (Å²) in [6.07, 6.45) is 3.07. The number of carboxylic acids is 1. The highest BCUT2D eigenvalue weighted by molar-refractivity contribution is 6.23. The Balaban J connectivity index is 0.000000679. The van der Waals surface area contributed by atoms with Crippen molar-refractivity contribution in [2.45, 2.75) is 69.8 Å². The van der Waals surface area contributed by atoms with Crippen molar-refractivity contribution >= 4 is 52.3 Å². The number of nitrogens with one attached hydrogen (secondary N) is 3. The molecular formula is C34H35F3N6O9. The van der Waals surface area contributed by atoms with E-state index in [0.29, 0.717) is 0 Å². The summed E-state index contributed by atoms with van der Waals surface area (Å²) in [5.41, 5.74) is 1.76. The summed E-state index contributed by atoms with van der Waals surface area (Å²) in [7, 11) is 1.56. The van der Waals surface area contributed by atoms with Gasteiger partial charge in [-0.25, -0.2) is 4.79 Å². The summed E-state index contributed by atoms with van der Waals surface area (Å²) in [5.74, 6) is -5.71. The summed E-state index contributed by atoms with van der Waals surface area (Å²) in [5, 5.41) is 12.9.